The molecule has 0 fully saturated rings. The van der Waals surface area contributed by atoms with Crippen LogP contribution < -0.4 is 11.1 Å². The summed E-state index contributed by atoms with van der Waals surface area (Å²) in [4.78, 5) is 0. The fourth-order valence-electron chi connectivity index (χ4n) is 1.90. The average molecular weight is 261 g/mol. The molecule has 0 aliphatic rings. The van der Waals surface area contributed by atoms with Gasteiger partial charge in [0.15, 0.2) is 0 Å². The van der Waals surface area contributed by atoms with Crippen molar-refractivity contribution in [3.8, 4) is 0 Å². The summed E-state index contributed by atoms with van der Waals surface area (Å²) >= 11 is 6.12. The minimum atomic E-state index is 0.653. The minimum absolute atomic E-state index is 0.653. The molecule has 94 valence electrons. The molecule has 2 rings (SSSR count). The Morgan fingerprint density at radius 2 is 1.94 bits per heavy atom. The molecule has 3 N–H and O–H groups in total. The second kappa shape index (κ2) is 5.32. The second-order valence-corrected chi connectivity index (χ2v) is 4.89. The monoisotopic (exact) mass is 260 g/mol. The summed E-state index contributed by atoms with van der Waals surface area (Å²) in [6.07, 6.45) is 0. The standard InChI is InChI=1S/C15H17ClN2/c1-10-6-7-11(2)12(8-10)9-18-15-13(16)4-3-5-14(15)17/h3-8,18H,9,17H2,1-2H3. The number of halogens is 1. The lowest BCUT2D eigenvalue weighted by atomic mass is 10.1. The summed E-state index contributed by atoms with van der Waals surface area (Å²) in [7, 11) is 0. The van der Waals surface area contributed by atoms with Crippen LogP contribution in [-0.4, -0.2) is 0 Å². The maximum Gasteiger partial charge on any atom is 0.0765 e. The molecule has 0 unspecified atom stereocenters. The third kappa shape index (κ3) is 2.77. The van der Waals surface area contributed by atoms with E-state index < -0.39 is 0 Å². The Hall–Kier alpha value is -1.67. The predicted molar refractivity (Wildman–Crippen MR) is 79.1 cm³/mol. The maximum atomic E-state index is 6.12. The van der Waals surface area contributed by atoms with Gasteiger partial charge in [-0.15, -0.1) is 0 Å². The third-order valence-corrected chi connectivity index (χ3v) is 3.32. The molecule has 0 heterocycles. The number of nitrogen functional groups attached to an aromatic ring is 1. The lowest BCUT2D eigenvalue weighted by Gasteiger charge is -2.13. The topological polar surface area (TPSA) is 38.0 Å². The molecule has 0 saturated heterocycles. The Balaban J connectivity index is 2.19. The normalized spacial score (nSPS) is 10.4. The van der Waals surface area contributed by atoms with E-state index in [0.29, 0.717) is 10.7 Å². The average Bonchev–Trinajstić information content (AvgIpc) is 2.33. The molecular formula is C15H17ClN2. The number of nitrogens with two attached hydrogens (primary N) is 1. The quantitative estimate of drug-likeness (QED) is 0.814. The molecule has 2 nitrogen and oxygen atoms in total. The number of anilines is 2. The van der Waals surface area contributed by atoms with E-state index in [-0.39, 0.29) is 0 Å². The fraction of sp³-hybridized carbons (Fsp3) is 0.200. The van der Waals surface area contributed by atoms with Crippen molar-refractivity contribution in [2.45, 2.75) is 20.4 Å². The molecule has 0 aliphatic carbocycles. The van der Waals surface area contributed by atoms with Gasteiger partial charge in [-0.05, 0) is 37.1 Å². The number of para-hydroxylation sites is 1. The van der Waals surface area contributed by atoms with E-state index in [4.69, 9.17) is 17.3 Å². The molecule has 0 aromatic heterocycles. The molecule has 0 amide bonds. The van der Waals surface area contributed by atoms with E-state index in [1.54, 1.807) is 0 Å². The first-order valence-electron chi connectivity index (χ1n) is 5.92. The van der Waals surface area contributed by atoms with Crippen LogP contribution in [0.5, 0.6) is 0 Å². The summed E-state index contributed by atoms with van der Waals surface area (Å²) in [6.45, 7) is 4.92. The van der Waals surface area contributed by atoms with Gasteiger partial charge in [-0.25, -0.2) is 0 Å². The molecule has 2 aromatic rings. The zero-order chi connectivity index (χ0) is 13.1. The highest BCUT2D eigenvalue weighted by atomic mass is 35.5. The van der Waals surface area contributed by atoms with Crippen LogP contribution in [0.2, 0.25) is 5.02 Å². The van der Waals surface area contributed by atoms with E-state index in [1.165, 1.54) is 16.7 Å². The predicted octanol–water partition coefficient (Wildman–Crippen LogP) is 4.15. The van der Waals surface area contributed by atoms with Crippen LogP contribution in [0.25, 0.3) is 0 Å². The lowest BCUT2D eigenvalue weighted by Crippen LogP contribution is -2.04. The van der Waals surface area contributed by atoms with Crippen LogP contribution in [0.15, 0.2) is 36.4 Å². The van der Waals surface area contributed by atoms with Crippen LogP contribution in [-0.2, 0) is 6.54 Å². The highest BCUT2D eigenvalue weighted by Crippen LogP contribution is 2.28. The Bertz CT molecular complexity index is 544. The van der Waals surface area contributed by atoms with Crippen molar-refractivity contribution in [1.29, 1.82) is 0 Å². The van der Waals surface area contributed by atoms with E-state index in [2.05, 4.69) is 37.4 Å². The van der Waals surface area contributed by atoms with Gasteiger partial charge in [0, 0.05) is 6.54 Å². The molecule has 3 heteroatoms. The van der Waals surface area contributed by atoms with Gasteiger partial charge >= 0.3 is 0 Å². The van der Waals surface area contributed by atoms with Crippen molar-refractivity contribution < 1.29 is 0 Å². The number of benzene rings is 2. The van der Waals surface area contributed by atoms with Crippen LogP contribution in [0, 0.1) is 13.8 Å². The van der Waals surface area contributed by atoms with Crippen LogP contribution >= 0.6 is 11.6 Å². The van der Waals surface area contributed by atoms with Gasteiger partial charge in [-0.2, -0.15) is 0 Å². The lowest BCUT2D eigenvalue weighted by molar-refractivity contribution is 1.11. The Kier molecular flexibility index (Phi) is 3.78. The first-order chi connectivity index (χ1) is 8.58. The van der Waals surface area contributed by atoms with Crippen LogP contribution in [0.1, 0.15) is 16.7 Å². The number of aryl methyl sites for hydroxylation is 2. The summed E-state index contributed by atoms with van der Waals surface area (Å²) in [5, 5.41) is 3.96. The molecule has 0 spiro atoms. The van der Waals surface area contributed by atoms with E-state index in [9.17, 15) is 0 Å². The first kappa shape index (κ1) is 12.8. The first-order valence-corrected chi connectivity index (χ1v) is 6.29. The number of nitrogens with one attached hydrogen (secondary N) is 1. The van der Waals surface area contributed by atoms with E-state index in [0.717, 1.165) is 12.2 Å². The van der Waals surface area contributed by atoms with Gasteiger partial charge in [0.05, 0.1) is 16.4 Å². The van der Waals surface area contributed by atoms with Crippen molar-refractivity contribution in [2.75, 3.05) is 11.1 Å². The Morgan fingerprint density at radius 1 is 1.17 bits per heavy atom. The molecule has 2 aromatic carbocycles. The molecular weight excluding hydrogens is 244 g/mol. The minimum Gasteiger partial charge on any atom is -0.397 e. The van der Waals surface area contributed by atoms with Gasteiger partial charge in [0.2, 0.25) is 0 Å². The summed E-state index contributed by atoms with van der Waals surface area (Å²) < 4.78 is 0. The van der Waals surface area contributed by atoms with E-state index in [1.807, 2.05) is 18.2 Å². The summed E-state index contributed by atoms with van der Waals surface area (Å²) in [5.74, 6) is 0. The molecule has 0 atom stereocenters. The van der Waals surface area contributed by atoms with Crippen molar-refractivity contribution >= 4 is 23.0 Å². The second-order valence-electron chi connectivity index (χ2n) is 4.49. The van der Waals surface area contributed by atoms with Gasteiger partial charge in [-0.3, -0.25) is 0 Å². The number of hydrogen-bond donors (Lipinski definition) is 2. The van der Waals surface area contributed by atoms with Gasteiger partial charge in [0.25, 0.3) is 0 Å². The van der Waals surface area contributed by atoms with E-state index >= 15 is 0 Å². The Morgan fingerprint density at radius 3 is 2.67 bits per heavy atom. The fourth-order valence-corrected chi connectivity index (χ4v) is 2.15. The summed E-state index contributed by atoms with van der Waals surface area (Å²) in [5.41, 5.74) is 11.2. The van der Waals surface area contributed by atoms with Crippen LogP contribution in [0.4, 0.5) is 11.4 Å². The highest BCUT2D eigenvalue weighted by Gasteiger charge is 2.05. The van der Waals surface area contributed by atoms with Gasteiger partial charge < -0.3 is 11.1 Å². The molecule has 0 aliphatic heterocycles. The van der Waals surface area contributed by atoms with Crippen LogP contribution in [0.3, 0.4) is 0 Å². The zero-order valence-electron chi connectivity index (χ0n) is 10.6. The molecule has 0 saturated carbocycles. The van der Waals surface area contributed by atoms with Crippen molar-refractivity contribution in [3.05, 3.63) is 58.1 Å². The molecule has 0 bridgehead atoms. The smallest absolute Gasteiger partial charge is 0.0765 e. The van der Waals surface area contributed by atoms with Gasteiger partial charge in [-0.1, -0.05) is 41.4 Å². The van der Waals surface area contributed by atoms with Crippen molar-refractivity contribution in [1.82, 2.24) is 0 Å². The third-order valence-electron chi connectivity index (χ3n) is 3.01. The SMILES string of the molecule is Cc1ccc(C)c(CNc2c(N)cccc2Cl)c1. The number of rotatable bonds is 3. The van der Waals surface area contributed by atoms with Gasteiger partial charge in [0.1, 0.15) is 0 Å². The zero-order valence-corrected chi connectivity index (χ0v) is 11.4. The van der Waals surface area contributed by atoms with Crippen molar-refractivity contribution in [2.24, 2.45) is 0 Å². The highest BCUT2D eigenvalue weighted by molar-refractivity contribution is 6.33. The Labute approximate surface area is 113 Å². The molecule has 0 radical (unpaired) electrons. The van der Waals surface area contributed by atoms with Crippen molar-refractivity contribution in [3.63, 3.8) is 0 Å². The summed E-state index contributed by atoms with van der Waals surface area (Å²) in [6, 6.07) is 11.9. The number of hydrogen-bond acceptors (Lipinski definition) is 2. The largest absolute Gasteiger partial charge is 0.397 e. The maximum absolute atomic E-state index is 6.12. The molecule has 18 heavy (non-hydrogen) atoms.